The van der Waals surface area contributed by atoms with Crippen LogP contribution < -0.4 is 9.64 Å². The molecule has 4 nitrogen and oxygen atoms in total. The molecule has 1 fully saturated rings. The highest BCUT2D eigenvalue weighted by Gasteiger charge is 2.25. The van der Waals surface area contributed by atoms with Gasteiger partial charge in [0.2, 0.25) is 0 Å². The minimum absolute atomic E-state index is 0.148. The van der Waals surface area contributed by atoms with Gasteiger partial charge in [0.1, 0.15) is 5.75 Å². The van der Waals surface area contributed by atoms with Gasteiger partial charge in [0.05, 0.1) is 12.8 Å². The summed E-state index contributed by atoms with van der Waals surface area (Å²) in [4.78, 5) is 17.3. The SMILES string of the molecule is COc1ccccc1N1CCN(C(=O)c2c(C)cc(C)cc2C)CC1. The van der Waals surface area contributed by atoms with Gasteiger partial charge in [0.25, 0.3) is 5.91 Å². The Bertz CT molecular complexity index is 754. The maximum atomic E-state index is 13.0. The molecular weight excluding hydrogens is 312 g/mol. The summed E-state index contributed by atoms with van der Waals surface area (Å²) in [6.07, 6.45) is 0. The average Bonchev–Trinajstić information content (AvgIpc) is 2.61. The van der Waals surface area contributed by atoms with Crippen molar-refractivity contribution in [2.75, 3.05) is 38.2 Å². The number of hydrogen-bond acceptors (Lipinski definition) is 3. The van der Waals surface area contributed by atoms with Crippen LogP contribution in [0.15, 0.2) is 36.4 Å². The van der Waals surface area contributed by atoms with Gasteiger partial charge in [-0.25, -0.2) is 0 Å². The molecule has 1 aliphatic rings. The first-order chi connectivity index (χ1) is 12.0. The minimum Gasteiger partial charge on any atom is -0.495 e. The Balaban J connectivity index is 1.73. The fourth-order valence-electron chi connectivity index (χ4n) is 3.72. The summed E-state index contributed by atoms with van der Waals surface area (Å²) in [5, 5.41) is 0. The number of nitrogens with zero attached hydrogens (tertiary/aromatic N) is 2. The molecule has 0 atom stereocenters. The van der Waals surface area contributed by atoms with Crippen LogP contribution in [-0.4, -0.2) is 44.1 Å². The Kier molecular flexibility index (Phi) is 4.98. The average molecular weight is 338 g/mol. The van der Waals surface area contributed by atoms with Crippen LogP contribution in [0, 0.1) is 20.8 Å². The van der Waals surface area contributed by atoms with Gasteiger partial charge in [-0.15, -0.1) is 0 Å². The number of methoxy groups -OCH3 is 1. The molecule has 2 aromatic carbocycles. The van der Waals surface area contributed by atoms with Gasteiger partial charge in [-0.05, 0) is 44.0 Å². The van der Waals surface area contributed by atoms with Gasteiger partial charge >= 0.3 is 0 Å². The molecule has 0 bridgehead atoms. The molecule has 1 aliphatic heterocycles. The Morgan fingerprint density at radius 3 is 2.16 bits per heavy atom. The van der Waals surface area contributed by atoms with Crippen LogP contribution in [0.2, 0.25) is 0 Å². The molecule has 1 saturated heterocycles. The maximum absolute atomic E-state index is 13.0. The zero-order chi connectivity index (χ0) is 18.0. The van der Waals surface area contributed by atoms with Gasteiger partial charge in [0, 0.05) is 31.7 Å². The van der Waals surface area contributed by atoms with Gasteiger partial charge in [-0.1, -0.05) is 29.8 Å². The number of anilines is 1. The van der Waals surface area contributed by atoms with Crippen molar-refractivity contribution in [3.05, 3.63) is 58.7 Å². The van der Waals surface area contributed by atoms with Crippen LogP contribution in [-0.2, 0) is 0 Å². The Hall–Kier alpha value is -2.49. The minimum atomic E-state index is 0.148. The fourth-order valence-corrected chi connectivity index (χ4v) is 3.72. The van der Waals surface area contributed by atoms with Crippen LogP contribution in [0.3, 0.4) is 0 Å². The summed E-state index contributed by atoms with van der Waals surface area (Å²) < 4.78 is 5.46. The number of benzene rings is 2. The molecule has 0 saturated carbocycles. The highest BCUT2D eigenvalue weighted by Crippen LogP contribution is 2.29. The van der Waals surface area contributed by atoms with Crippen LogP contribution in [0.25, 0.3) is 0 Å². The van der Waals surface area contributed by atoms with E-state index in [1.165, 1.54) is 5.56 Å². The molecular formula is C21H26N2O2. The Morgan fingerprint density at radius 1 is 0.960 bits per heavy atom. The lowest BCUT2D eigenvalue weighted by atomic mass is 9.98. The standard InChI is InChI=1S/C21H26N2O2/c1-15-13-16(2)20(17(3)14-15)21(24)23-11-9-22(10-12-23)18-7-5-6-8-19(18)25-4/h5-8,13-14H,9-12H2,1-4H3. The van der Waals surface area contributed by atoms with Crippen molar-refractivity contribution in [3.63, 3.8) is 0 Å². The van der Waals surface area contributed by atoms with Crippen molar-refractivity contribution >= 4 is 11.6 Å². The summed E-state index contributed by atoms with van der Waals surface area (Å²) in [7, 11) is 1.70. The van der Waals surface area contributed by atoms with E-state index in [0.717, 1.165) is 54.3 Å². The number of ether oxygens (including phenoxy) is 1. The van der Waals surface area contributed by atoms with E-state index in [1.54, 1.807) is 7.11 Å². The fraction of sp³-hybridized carbons (Fsp3) is 0.381. The quantitative estimate of drug-likeness (QED) is 0.857. The third-order valence-corrected chi connectivity index (χ3v) is 4.88. The van der Waals surface area contributed by atoms with Crippen LogP contribution in [0.1, 0.15) is 27.0 Å². The number of rotatable bonds is 3. The first kappa shape index (κ1) is 17.3. The van der Waals surface area contributed by atoms with Gasteiger partial charge in [-0.2, -0.15) is 0 Å². The molecule has 0 unspecified atom stereocenters. The van der Waals surface area contributed by atoms with Crippen molar-refractivity contribution in [1.82, 2.24) is 4.90 Å². The number of aryl methyl sites for hydroxylation is 3. The number of amides is 1. The molecule has 2 aromatic rings. The van der Waals surface area contributed by atoms with E-state index in [1.807, 2.05) is 36.9 Å². The van der Waals surface area contributed by atoms with E-state index in [2.05, 4.69) is 30.0 Å². The second-order valence-corrected chi connectivity index (χ2v) is 6.72. The summed E-state index contributed by atoms with van der Waals surface area (Å²) in [6.45, 7) is 9.20. The summed E-state index contributed by atoms with van der Waals surface area (Å²) in [5.41, 5.74) is 5.29. The van der Waals surface area contributed by atoms with Gasteiger partial charge in [-0.3, -0.25) is 4.79 Å². The van der Waals surface area contributed by atoms with Gasteiger partial charge in [0.15, 0.2) is 0 Å². The molecule has 1 heterocycles. The molecule has 0 radical (unpaired) electrons. The zero-order valence-electron chi connectivity index (χ0n) is 15.5. The molecule has 25 heavy (non-hydrogen) atoms. The summed E-state index contributed by atoms with van der Waals surface area (Å²) in [5.74, 6) is 1.03. The molecule has 1 amide bonds. The van der Waals surface area contributed by atoms with E-state index in [4.69, 9.17) is 4.74 Å². The number of piperazine rings is 1. The number of carbonyl (C=O) groups is 1. The molecule has 3 rings (SSSR count). The largest absolute Gasteiger partial charge is 0.495 e. The first-order valence-electron chi connectivity index (χ1n) is 8.76. The molecule has 0 aliphatic carbocycles. The van der Waals surface area contributed by atoms with E-state index in [-0.39, 0.29) is 5.91 Å². The Morgan fingerprint density at radius 2 is 1.56 bits per heavy atom. The third-order valence-electron chi connectivity index (χ3n) is 4.88. The lowest BCUT2D eigenvalue weighted by molar-refractivity contribution is 0.0745. The Labute approximate surface area is 150 Å². The molecule has 4 heteroatoms. The summed E-state index contributed by atoms with van der Waals surface area (Å²) in [6, 6.07) is 12.2. The molecule has 0 spiro atoms. The van der Waals surface area contributed by atoms with E-state index >= 15 is 0 Å². The summed E-state index contributed by atoms with van der Waals surface area (Å²) >= 11 is 0. The monoisotopic (exact) mass is 338 g/mol. The topological polar surface area (TPSA) is 32.8 Å². The van der Waals surface area contributed by atoms with Gasteiger partial charge < -0.3 is 14.5 Å². The van der Waals surface area contributed by atoms with Crippen molar-refractivity contribution in [2.24, 2.45) is 0 Å². The van der Waals surface area contributed by atoms with Crippen molar-refractivity contribution < 1.29 is 9.53 Å². The molecule has 0 aromatic heterocycles. The highest BCUT2D eigenvalue weighted by molar-refractivity contribution is 5.97. The first-order valence-corrected chi connectivity index (χ1v) is 8.76. The lowest BCUT2D eigenvalue weighted by Crippen LogP contribution is -2.49. The second-order valence-electron chi connectivity index (χ2n) is 6.72. The predicted octanol–water partition coefficient (Wildman–Crippen LogP) is 3.58. The van der Waals surface area contributed by atoms with Crippen molar-refractivity contribution in [2.45, 2.75) is 20.8 Å². The second kappa shape index (κ2) is 7.18. The smallest absolute Gasteiger partial charge is 0.254 e. The lowest BCUT2D eigenvalue weighted by Gasteiger charge is -2.37. The highest BCUT2D eigenvalue weighted by atomic mass is 16.5. The predicted molar refractivity (Wildman–Crippen MR) is 102 cm³/mol. The van der Waals surface area contributed by atoms with E-state index < -0.39 is 0 Å². The number of hydrogen-bond donors (Lipinski definition) is 0. The van der Waals surface area contributed by atoms with Crippen molar-refractivity contribution in [3.8, 4) is 5.75 Å². The normalized spacial score (nSPS) is 14.6. The van der Waals surface area contributed by atoms with E-state index in [9.17, 15) is 4.79 Å². The van der Waals surface area contributed by atoms with E-state index in [0.29, 0.717) is 0 Å². The van der Waals surface area contributed by atoms with Crippen LogP contribution >= 0.6 is 0 Å². The maximum Gasteiger partial charge on any atom is 0.254 e. The molecule has 0 N–H and O–H groups in total. The van der Waals surface area contributed by atoms with Crippen LogP contribution in [0.5, 0.6) is 5.75 Å². The number of para-hydroxylation sites is 2. The van der Waals surface area contributed by atoms with Crippen molar-refractivity contribution in [1.29, 1.82) is 0 Å². The third kappa shape index (κ3) is 3.48. The van der Waals surface area contributed by atoms with Crippen LogP contribution in [0.4, 0.5) is 5.69 Å². The number of carbonyl (C=O) groups excluding carboxylic acids is 1. The molecule has 132 valence electrons. The zero-order valence-corrected chi connectivity index (χ0v) is 15.5.